The van der Waals surface area contributed by atoms with Crippen LogP contribution < -0.4 is 4.74 Å². The predicted molar refractivity (Wildman–Crippen MR) is 125 cm³/mol. The van der Waals surface area contributed by atoms with E-state index in [2.05, 4.69) is 0 Å². The number of ether oxygens (including phenoxy) is 2. The largest absolute Gasteiger partial charge is 0.491 e. The maximum atomic E-state index is 14.8. The summed E-state index contributed by atoms with van der Waals surface area (Å²) in [5.41, 5.74) is 1.66. The van der Waals surface area contributed by atoms with Crippen LogP contribution >= 0.6 is 0 Å². The third-order valence-electron chi connectivity index (χ3n) is 7.61. The number of rotatable bonds is 8. The summed E-state index contributed by atoms with van der Waals surface area (Å²) in [6, 6.07) is 8.54. The van der Waals surface area contributed by atoms with E-state index < -0.39 is 11.6 Å². The highest BCUT2D eigenvalue weighted by molar-refractivity contribution is 5.32. The second kappa shape index (κ2) is 11.6. The highest BCUT2D eigenvalue weighted by Crippen LogP contribution is 2.38. The van der Waals surface area contributed by atoms with E-state index in [-0.39, 0.29) is 54.2 Å². The van der Waals surface area contributed by atoms with Crippen LogP contribution in [0.2, 0.25) is 0 Å². The molecule has 0 atom stereocenters. The fourth-order valence-corrected chi connectivity index (χ4v) is 5.50. The first-order chi connectivity index (χ1) is 16.5. The summed E-state index contributed by atoms with van der Waals surface area (Å²) in [7, 11) is 0. The Morgan fingerprint density at radius 2 is 1.56 bits per heavy atom. The fourth-order valence-electron chi connectivity index (χ4n) is 5.50. The first-order valence-electron chi connectivity index (χ1n) is 12.6. The van der Waals surface area contributed by atoms with E-state index >= 15 is 0 Å². The van der Waals surface area contributed by atoms with Crippen molar-refractivity contribution in [1.82, 2.24) is 0 Å². The molecule has 186 valence electrons. The standard InChI is InChI=1S/C28H35F3O3/c1-2-33-26-14-10-21(15-25(26)29)19-7-11-23(12-8-19)34-17-22-9-13-24(28(31)27(22)30)20-5-3-18(16-32)4-6-20/h9-10,13-15,18-20,23,32H,2-8,11-12,16-17H2,1H3. The zero-order valence-corrected chi connectivity index (χ0v) is 19.9. The van der Waals surface area contributed by atoms with Gasteiger partial charge in [0.25, 0.3) is 0 Å². The Morgan fingerprint density at radius 1 is 0.853 bits per heavy atom. The average molecular weight is 477 g/mol. The zero-order valence-electron chi connectivity index (χ0n) is 19.9. The lowest BCUT2D eigenvalue weighted by Crippen LogP contribution is -2.21. The minimum absolute atomic E-state index is 0.00924. The molecule has 0 aliphatic heterocycles. The SMILES string of the molecule is CCOc1ccc(C2CCC(OCc3ccc(C4CCC(CO)CC4)c(F)c3F)CC2)cc1F. The molecule has 0 bridgehead atoms. The Balaban J connectivity index is 1.29. The lowest BCUT2D eigenvalue weighted by molar-refractivity contribution is 0.0118. The summed E-state index contributed by atoms with van der Waals surface area (Å²) in [4.78, 5) is 0. The molecule has 2 aliphatic carbocycles. The Hall–Kier alpha value is -2.05. The van der Waals surface area contributed by atoms with Crippen molar-refractivity contribution in [3.63, 3.8) is 0 Å². The molecule has 0 unspecified atom stereocenters. The van der Waals surface area contributed by atoms with Gasteiger partial charge in [-0.1, -0.05) is 18.2 Å². The molecule has 2 aromatic rings. The number of aliphatic hydroxyl groups is 1. The van der Waals surface area contributed by atoms with Gasteiger partial charge in [-0.2, -0.15) is 0 Å². The van der Waals surface area contributed by atoms with Crippen LogP contribution in [-0.4, -0.2) is 24.4 Å². The number of aliphatic hydroxyl groups excluding tert-OH is 1. The molecule has 34 heavy (non-hydrogen) atoms. The fraction of sp³-hybridized carbons (Fsp3) is 0.571. The third-order valence-corrected chi connectivity index (χ3v) is 7.61. The minimum atomic E-state index is -0.805. The van der Waals surface area contributed by atoms with Gasteiger partial charge in [0.15, 0.2) is 23.2 Å². The van der Waals surface area contributed by atoms with E-state index in [0.717, 1.165) is 56.9 Å². The van der Waals surface area contributed by atoms with E-state index in [1.54, 1.807) is 24.3 Å². The molecule has 4 rings (SSSR count). The molecule has 2 saturated carbocycles. The quantitative estimate of drug-likeness (QED) is 0.445. The van der Waals surface area contributed by atoms with E-state index in [9.17, 15) is 18.3 Å². The van der Waals surface area contributed by atoms with Crippen LogP contribution in [0.5, 0.6) is 5.75 Å². The molecule has 2 aliphatic rings. The number of hydrogen-bond donors (Lipinski definition) is 1. The lowest BCUT2D eigenvalue weighted by Gasteiger charge is -2.29. The molecule has 0 radical (unpaired) electrons. The maximum absolute atomic E-state index is 14.8. The van der Waals surface area contributed by atoms with E-state index in [1.807, 2.05) is 13.0 Å². The van der Waals surface area contributed by atoms with Crippen LogP contribution in [0.1, 0.15) is 86.8 Å². The van der Waals surface area contributed by atoms with Crippen LogP contribution in [-0.2, 0) is 11.3 Å². The molecule has 0 amide bonds. The summed E-state index contributed by atoms with van der Waals surface area (Å²) in [5.74, 6) is -1.06. The maximum Gasteiger partial charge on any atom is 0.165 e. The van der Waals surface area contributed by atoms with Gasteiger partial charge >= 0.3 is 0 Å². The van der Waals surface area contributed by atoms with Gasteiger partial charge in [-0.15, -0.1) is 0 Å². The minimum Gasteiger partial charge on any atom is -0.491 e. The van der Waals surface area contributed by atoms with Crippen LogP contribution in [0.4, 0.5) is 13.2 Å². The first-order valence-corrected chi connectivity index (χ1v) is 12.6. The van der Waals surface area contributed by atoms with Crippen LogP contribution in [0.25, 0.3) is 0 Å². The number of halogens is 3. The Kier molecular flexibility index (Phi) is 8.54. The molecular formula is C28H35F3O3. The van der Waals surface area contributed by atoms with Crippen molar-refractivity contribution in [2.24, 2.45) is 5.92 Å². The topological polar surface area (TPSA) is 38.7 Å². The molecule has 6 heteroatoms. The van der Waals surface area contributed by atoms with Crippen LogP contribution in [0.15, 0.2) is 30.3 Å². The molecular weight excluding hydrogens is 441 g/mol. The van der Waals surface area contributed by atoms with Gasteiger partial charge in [0.2, 0.25) is 0 Å². The second-order valence-corrected chi connectivity index (χ2v) is 9.75. The van der Waals surface area contributed by atoms with Crippen molar-refractivity contribution in [2.45, 2.75) is 82.8 Å². The number of hydrogen-bond acceptors (Lipinski definition) is 3. The average Bonchev–Trinajstić information content (AvgIpc) is 2.87. The predicted octanol–water partition coefficient (Wildman–Crippen LogP) is 7.01. The Morgan fingerprint density at radius 3 is 2.21 bits per heavy atom. The molecule has 2 fully saturated rings. The Labute approximate surface area is 200 Å². The van der Waals surface area contributed by atoms with E-state index in [0.29, 0.717) is 12.2 Å². The van der Waals surface area contributed by atoms with Gasteiger partial charge in [-0.05, 0) is 99.3 Å². The molecule has 0 saturated heterocycles. The summed E-state index contributed by atoms with van der Waals surface area (Å²) >= 11 is 0. The normalized spacial score (nSPS) is 25.3. The Bertz CT molecular complexity index is 948. The molecule has 0 heterocycles. The van der Waals surface area contributed by atoms with Crippen molar-refractivity contribution in [3.05, 3.63) is 64.5 Å². The first kappa shape index (κ1) is 25.1. The molecule has 2 aromatic carbocycles. The molecule has 0 spiro atoms. The van der Waals surface area contributed by atoms with Crippen molar-refractivity contribution in [2.75, 3.05) is 13.2 Å². The van der Waals surface area contributed by atoms with Crippen molar-refractivity contribution in [3.8, 4) is 5.75 Å². The van der Waals surface area contributed by atoms with Crippen molar-refractivity contribution in [1.29, 1.82) is 0 Å². The molecule has 0 aromatic heterocycles. The van der Waals surface area contributed by atoms with Crippen LogP contribution in [0.3, 0.4) is 0 Å². The summed E-state index contributed by atoms with van der Waals surface area (Å²) in [6.45, 7) is 2.47. The third kappa shape index (κ3) is 5.77. The smallest absolute Gasteiger partial charge is 0.165 e. The second-order valence-electron chi connectivity index (χ2n) is 9.75. The zero-order chi connectivity index (χ0) is 24.1. The van der Waals surface area contributed by atoms with Gasteiger partial charge in [0.1, 0.15) is 0 Å². The monoisotopic (exact) mass is 476 g/mol. The van der Waals surface area contributed by atoms with Gasteiger partial charge in [0.05, 0.1) is 19.3 Å². The van der Waals surface area contributed by atoms with Crippen molar-refractivity contribution >= 4 is 0 Å². The summed E-state index contributed by atoms with van der Waals surface area (Å²) < 4.78 is 55.0. The van der Waals surface area contributed by atoms with E-state index in [1.165, 1.54) is 0 Å². The highest BCUT2D eigenvalue weighted by atomic mass is 19.2. The van der Waals surface area contributed by atoms with E-state index in [4.69, 9.17) is 9.47 Å². The highest BCUT2D eigenvalue weighted by Gasteiger charge is 2.27. The van der Waals surface area contributed by atoms with Crippen LogP contribution in [0, 0.1) is 23.4 Å². The van der Waals surface area contributed by atoms with Gasteiger partial charge < -0.3 is 14.6 Å². The molecule has 3 nitrogen and oxygen atoms in total. The van der Waals surface area contributed by atoms with Crippen molar-refractivity contribution < 1.29 is 27.8 Å². The van der Waals surface area contributed by atoms with Gasteiger partial charge in [0, 0.05) is 12.2 Å². The van der Waals surface area contributed by atoms with Gasteiger partial charge in [-0.3, -0.25) is 0 Å². The summed E-state index contributed by atoms with van der Waals surface area (Å²) in [5, 5.41) is 9.29. The molecule has 1 N–H and O–H groups in total. The summed E-state index contributed by atoms with van der Waals surface area (Å²) in [6.07, 6.45) is 6.57. The lowest BCUT2D eigenvalue weighted by atomic mass is 9.78. The number of benzene rings is 2. The van der Waals surface area contributed by atoms with Gasteiger partial charge in [-0.25, -0.2) is 13.2 Å².